The number of aryl methyl sites for hydroxylation is 1. The number of amides is 1. The van der Waals surface area contributed by atoms with E-state index in [1.165, 1.54) is 12.1 Å². The number of fused-ring (bicyclic) bond motifs is 1. The molecule has 130 valence electrons. The van der Waals surface area contributed by atoms with Gasteiger partial charge in [-0.2, -0.15) is 0 Å². The third-order valence-corrected chi connectivity index (χ3v) is 4.71. The van der Waals surface area contributed by atoms with E-state index in [2.05, 4.69) is 5.32 Å². The van der Waals surface area contributed by atoms with Crippen molar-refractivity contribution in [3.63, 3.8) is 0 Å². The van der Waals surface area contributed by atoms with E-state index < -0.39 is 5.79 Å². The minimum Gasteiger partial charge on any atom is -0.448 e. The van der Waals surface area contributed by atoms with Crippen LogP contribution in [0.25, 0.3) is 0 Å². The molecular formula is C20H20FNO3. The first kappa shape index (κ1) is 15.9. The van der Waals surface area contributed by atoms with Crippen molar-refractivity contribution in [2.24, 2.45) is 0 Å². The van der Waals surface area contributed by atoms with E-state index in [9.17, 15) is 9.18 Å². The Labute approximate surface area is 146 Å². The Balaban J connectivity index is 1.36. The third-order valence-electron chi connectivity index (χ3n) is 4.71. The summed E-state index contributed by atoms with van der Waals surface area (Å²) in [5.41, 5.74) is 1.49. The number of carbonyl (C=O) groups excluding carboxylic acids is 1. The van der Waals surface area contributed by atoms with Crippen LogP contribution in [-0.2, 0) is 11.2 Å². The topological polar surface area (TPSA) is 47.6 Å². The van der Waals surface area contributed by atoms with E-state index in [-0.39, 0.29) is 11.7 Å². The molecule has 2 aromatic rings. The monoisotopic (exact) mass is 341 g/mol. The minimum absolute atomic E-state index is 0.112. The molecule has 5 heteroatoms. The predicted molar refractivity (Wildman–Crippen MR) is 92.2 cm³/mol. The van der Waals surface area contributed by atoms with E-state index >= 15 is 0 Å². The SMILES string of the molecule is O=C(CCc1cccc(F)c1)Nc1ccc2c(c1)OC1(CCCC1)O2. The summed E-state index contributed by atoms with van der Waals surface area (Å²) in [6, 6.07) is 11.8. The van der Waals surface area contributed by atoms with Crippen LogP contribution < -0.4 is 14.8 Å². The number of hydrogen-bond donors (Lipinski definition) is 1. The van der Waals surface area contributed by atoms with Crippen LogP contribution in [0.2, 0.25) is 0 Å². The molecule has 0 saturated heterocycles. The summed E-state index contributed by atoms with van der Waals surface area (Å²) in [4.78, 5) is 12.1. The zero-order valence-corrected chi connectivity index (χ0v) is 13.9. The van der Waals surface area contributed by atoms with Crippen LogP contribution in [0.3, 0.4) is 0 Å². The molecule has 0 atom stereocenters. The average molecular weight is 341 g/mol. The number of ether oxygens (including phenoxy) is 2. The van der Waals surface area contributed by atoms with Crippen LogP contribution in [0, 0.1) is 5.82 Å². The summed E-state index contributed by atoms with van der Waals surface area (Å²) in [5, 5.41) is 2.87. The number of halogens is 1. The van der Waals surface area contributed by atoms with Gasteiger partial charge in [0.25, 0.3) is 5.79 Å². The van der Waals surface area contributed by atoms with Gasteiger partial charge in [0.05, 0.1) is 0 Å². The lowest BCUT2D eigenvalue weighted by Crippen LogP contribution is -2.34. The summed E-state index contributed by atoms with van der Waals surface area (Å²) in [7, 11) is 0. The number of nitrogens with one attached hydrogen (secondary N) is 1. The average Bonchev–Trinajstić information content (AvgIpc) is 3.19. The fraction of sp³-hybridized carbons (Fsp3) is 0.350. The van der Waals surface area contributed by atoms with Crippen molar-refractivity contribution < 1.29 is 18.7 Å². The molecule has 1 amide bonds. The molecule has 4 nitrogen and oxygen atoms in total. The van der Waals surface area contributed by atoms with Crippen molar-refractivity contribution in [3.8, 4) is 11.5 Å². The van der Waals surface area contributed by atoms with Crippen LogP contribution in [-0.4, -0.2) is 11.7 Å². The lowest BCUT2D eigenvalue weighted by atomic mass is 10.1. The van der Waals surface area contributed by atoms with Gasteiger partial charge in [0.1, 0.15) is 5.82 Å². The van der Waals surface area contributed by atoms with Gasteiger partial charge in [-0.05, 0) is 49.1 Å². The lowest BCUT2D eigenvalue weighted by Gasteiger charge is -2.21. The molecule has 25 heavy (non-hydrogen) atoms. The van der Waals surface area contributed by atoms with E-state index in [1.54, 1.807) is 6.07 Å². The van der Waals surface area contributed by atoms with Crippen LogP contribution in [0.1, 0.15) is 37.7 Å². The quantitative estimate of drug-likeness (QED) is 0.894. The van der Waals surface area contributed by atoms with Gasteiger partial charge in [0.15, 0.2) is 11.5 Å². The molecule has 1 N–H and O–H groups in total. The highest BCUT2D eigenvalue weighted by molar-refractivity contribution is 5.91. The molecule has 0 bridgehead atoms. The normalized spacial score (nSPS) is 17.0. The summed E-state index contributed by atoms with van der Waals surface area (Å²) < 4.78 is 25.1. The van der Waals surface area contributed by atoms with Crippen molar-refractivity contribution in [2.45, 2.75) is 44.3 Å². The molecule has 1 aliphatic heterocycles. The van der Waals surface area contributed by atoms with Crippen molar-refractivity contribution in [1.82, 2.24) is 0 Å². The highest BCUT2D eigenvalue weighted by Gasteiger charge is 2.44. The zero-order chi connectivity index (χ0) is 17.3. The Morgan fingerprint density at radius 2 is 1.88 bits per heavy atom. The first-order valence-corrected chi connectivity index (χ1v) is 8.68. The highest BCUT2D eigenvalue weighted by atomic mass is 19.1. The zero-order valence-electron chi connectivity index (χ0n) is 13.9. The number of carbonyl (C=O) groups is 1. The largest absolute Gasteiger partial charge is 0.448 e. The first-order valence-electron chi connectivity index (χ1n) is 8.68. The van der Waals surface area contributed by atoms with Crippen molar-refractivity contribution >= 4 is 11.6 Å². The van der Waals surface area contributed by atoms with Gasteiger partial charge in [-0.1, -0.05) is 12.1 Å². The van der Waals surface area contributed by atoms with E-state index in [0.717, 1.165) is 37.0 Å². The van der Waals surface area contributed by atoms with Gasteiger partial charge in [-0.3, -0.25) is 4.79 Å². The summed E-state index contributed by atoms with van der Waals surface area (Å²) in [5.74, 6) is 0.528. The molecule has 2 aromatic carbocycles. The number of hydrogen-bond acceptors (Lipinski definition) is 3. The van der Waals surface area contributed by atoms with Crippen molar-refractivity contribution in [2.75, 3.05) is 5.32 Å². The Hall–Kier alpha value is -2.56. The highest BCUT2D eigenvalue weighted by Crippen LogP contribution is 2.47. The van der Waals surface area contributed by atoms with Crippen molar-refractivity contribution in [3.05, 3.63) is 53.8 Å². The molecule has 1 fully saturated rings. The second-order valence-electron chi connectivity index (χ2n) is 6.66. The van der Waals surface area contributed by atoms with Crippen LogP contribution in [0.4, 0.5) is 10.1 Å². The van der Waals surface area contributed by atoms with Crippen LogP contribution in [0.5, 0.6) is 11.5 Å². The predicted octanol–water partition coefficient (Wildman–Crippen LogP) is 4.44. The third kappa shape index (κ3) is 3.45. The summed E-state index contributed by atoms with van der Waals surface area (Å²) in [6.07, 6.45) is 4.81. The molecule has 0 aromatic heterocycles. The molecule has 4 rings (SSSR count). The van der Waals surface area contributed by atoms with Gasteiger partial charge >= 0.3 is 0 Å². The second kappa shape index (κ2) is 6.39. The fourth-order valence-electron chi connectivity index (χ4n) is 3.46. The first-order chi connectivity index (χ1) is 12.1. The maximum absolute atomic E-state index is 13.2. The molecule has 0 unspecified atom stereocenters. The van der Waals surface area contributed by atoms with Gasteiger partial charge in [0.2, 0.25) is 5.91 Å². The maximum Gasteiger partial charge on any atom is 0.251 e. The van der Waals surface area contributed by atoms with Gasteiger partial charge in [-0.25, -0.2) is 4.39 Å². The fourth-order valence-corrected chi connectivity index (χ4v) is 3.46. The van der Waals surface area contributed by atoms with E-state index in [4.69, 9.17) is 9.47 Å². The number of rotatable bonds is 4. The molecule has 1 spiro atoms. The molecule has 1 aliphatic carbocycles. The van der Waals surface area contributed by atoms with Gasteiger partial charge < -0.3 is 14.8 Å². The number of benzene rings is 2. The lowest BCUT2D eigenvalue weighted by molar-refractivity contribution is -0.116. The van der Waals surface area contributed by atoms with Gasteiger partial charge in [-0.15, -0.1) is 0 Å². The molecule has 1 saturated carbocycles. The molecular weight excluding hydrogens is 321 g/mol. The smallest absolute Gasteiger partial charge is 0.251 e. The van der Waals surface area contributed by atoms with Crippen LogP contribution in [0.15, 0.2) is 42.5 Å². The summed E-state index contributed by atoms with van der Waals surface area (Å²) in [6.45, 7) is 0. The molecule has 0 radical (unpaired) electrons. The molecule has 1 heterocycles. The Kier molecular flexibility index (Phi) is 4.07. The second-order valence-corrected chi connectivity index (χ2v) is 6.66. The van der Waals surface area contributed by atoms with Gasteiger partial charge in [0, 0.05) is 31.0 Å². The molecule has 2 aliphatic rings. The summed E-state index contributed by atoms with van der Waals surface area (Å²) >= 11 is 0. The van der Waals surface area contributed by atoms with E-state index in [1.807, 2.05) is 24.3 Å². The Morgan fingerprint density at radius 3 is 2.68 bits per heavy atom. The Bertz CT molecular complexity index is 799. The Morgan fingerprint density at radius 1 is 1.08 bits per heavy atom. The van der Waals surface area contributed by atoms with Crippen LogP contribution >= 0.6 is 0 Å². The van der Waals surface area contributed by atoms with Crippen molar-refractivity contribution in [1.29, 1.82) is 0 Å². The number of anilines is 1. The van der Waals surface area contributed by atoms with E-state index in [0.29, 0.717) is 24.3 Å². The standard InChI is InChI=1S/C20H20FNO3/c21-15-5-3-4-14(12-15)6-9-19(23)22-16-7-8-17-18(13-16)25-20(24-17)10-1-2-11-20/h3-5,7-8,12-13H,1-2,6,9-11H2,(H,22,23). The maximum atomic E-state index is 13.2. The minimum atomic E-state index is -0.498.